The molecular weight excluding hydrogens is 465 g/mol. The number of fused-ring (bicyclic) bond motifs is 1. The molecule has 1 aliphatic rings. The van der Waals surface area contributed by atoms with Gasteiger partial charge < -0.3 is 10.2 Å². The van der Waals surface area contributed by atoms with Crippen molar-refractivity contribution in [2.24, 2.45) is 0 Å². The van der Waals surface area contributed by atoms with Gasteiger partial charge in [-0.3, -0.25) is 9.78 Å². The number of carbonyl (C=O) groups is 1. The van der Waals surface area contributed by atoms with Gasteiger partial charge in [0.2, 0.25) is 5.91 Å². The molecule has 0 bridgehead atoms. The predicted molar refractivity (Wildman–Crippen MR) is 120 cm³/mol. The first kappa shape index (κ1) is 19.0. The molecular formula is C21H22IN5O. The fourth-order valence-corrected chi connectivity index (χ4v) is 4.12. The molecule has 6 nitrogen and oxygen atoms in total. The van der Waals surface area contributed by atoms with Gasteiger partial charge in [-0.05, 0) is 30.4 Å². The number of hydrogen-bond donors (Lipinski definition) is 1. The lowest BCUT2D eigenvalue weighted by atomic mass is 9.89. The number of pyridine rings is 1. The van der Waals surface area contributed by atoms with Crippen LogP contribution in [0.4, 0.5) is 5.82 Å². The lowest BCUT2D eigenvalue weighted by Crippen LogP contribution is -2.36. The Morgan fingerprint density at radius 3 is 2.57 bits per heavy atom. The molecule has 1 amide bonds. The van der Waals surface area contributed by atoms with Crippen molar-refractivity contribution in [2.75, 3.05) is 23.0 Å². The topological polar surface area (TPSA) is 71.0 Å². The van der Waals surface area contributed by atoms with Crippen LogP contribution in [0.3, 0.4) is 0 Å². The van der Waals surface area contributed by atoms with Gasteiger partial charge in [-0.25, -0.2) is 9.97 Å². The number of benzene rings is 1. The number of alkyl halides is 1. The van der Waals surface area contributed by atoms with Crippen LogP contribution in [0.1, 0.15) is 31.2 Å². The van der Waals surface area contributed by atoms with Crippen LogP contribution in [-0.4, -0.2) is 43.4 Å². The van der Waals surface area contributed by atoms with Gasteiger partial charge >= 0.3 is 0 Å². The number of halogens is 1. The van der Waals surface area contributed by atoms with Crippen LogP contribution in [0, 0.1) is 0 Å². The van der Waals surface area contributed by atoms with Crippen molar-refractivity contribution in [3.63, 3.8) is 0 Å². The molecule has 1 saturated heterocycles. The molecule has 3 aromatic rings. The number of piperidine rings is 1. The maximum absolute atomic E-state index is 11.5. The fraction of sp³-hybridized carbons (Fsp3) is 0.333. The first-order valence-corrected chi connectivity index (χ1v) is 11.0. The Morgan fingerprint density at radius 2 is 1.89 bits per heavy atom. The molecule has 28 heavy (non-hydrogen) atoms. The first-order chi connectivity index (χ1) is 13.7. The second kappa shape index (κ2) is 8.38. The third-order valence-electron chi connectivity index (χ3n) is 5.31. The second-order valence-corrected chi connectivity index (χ2v) is 7.76. The quantitative estimate of drug-likeness (QED) is 0.339. The zero-order valence-corrected chi connectivity index (χ0v) is 17.9. The Balaban J connectivity index is 1.58. The molecule has 0 aliphatic carbocycles. The van der Waals surface area contributed by atoms with Crippen molar-refractivity contribution in [3.05, 3.63) is 48.3 Å². The largest absolute Gasteiger partial charge is 0.359 e. The Bertz CT molecular complexity index is 984. The number of likely N-dealkylation sites (tertiary alicyclic amines) is 1. The van der Waals surface area contributed by atoms with E-state index in [1.807, 2.05) is 11.0 Å². The van der Waals surface area contributed by atoms with E-state index in [1.54, 1.807) is 19.3 Å². The number of nitrogens with one attached hydrogen (secondary N) is 1. The standard InChI is InChI=1S/C21H22IN5O/c1-14(28)27-10-6-16(7-11-27)15-2-4-17(5-3-15)18-12-19-20(24-9-8-23-19)21(26-18)25-13-22/h2-5,8-9,12,16H,6-7,10-11,13H2,1H3,(H,25,26). The molecule has 0 atom stereocenters. The van der Waals surface area contributed by atoms with Crippen LogP contribution >= 0.6 is 22.6 Å². The Hall–Kier alpha value is -2.29. The van der Waals surface area contributed by atoms with E-state index >= 15 is 0 Å². The molecule has 3 heterocycles. The number of rotatable bonds is 4. The number of nitrogens with zero attached hydrogens (tertiary/aromatic N) is 4. The molecule has 1 N–H and O–H groups in total. The maximum Gasteiger partial charge on any atom is 0.219 e. The molecule has 0 radical (unpaired) electrons. The molecule has 144 valence electrons. The minimum absolute atomic E-state index is 0.176. The van der Waals surface area contributed by atoms with Gasteiger partial charge in [-0.1, -0.05) is 46.9 Å². The van der Waals surface area contributed by atoms with E-state index in [-0.39, 0.29) is 5.91 Å². The Labute approximate surface area is 177 Å². The van der Waals surface area contributed by atoms with Crippen LogP contribution in [0.5, 0.6) is 0 Å². The minimum Gasteiger partial charge on any atom is -0.359 e. The van der Waals surface area contributed by atoms with Crippen molar-refractivity contribution < 1.29 is 4.79 Å². The summed E-state index contributed by atoms with van der Waals surface area (Å²) < 4.78 is 0.748. The van der Waals surface area contributed by atoms with Gasteiger partial charge in [0, 0.05) is 38.0 Å². The van der Waals surface area contributed by atoms with Crippen LogP contribution < -0.4 is 5.32 Å². The highest BCUT2D eigenvalue weighted by Gasteiger charge is 2.22. The molecule has 0 saturated carbocycles. The summed E-state index contributed by atoms with van der Waals surface area (Å²) >= 11 is 2.26. The van der Waals surface area contributed by atoms with E-state index in [2.05, 4.69) is 62.1 Å². The van der Waals surface area contributed by atoms with Crippen molar-refractivity contribution >= 4 is 45.3 Å². The summed E-state index contributed by atoms with van der Waals surface area (Å²) in [5.41, 5.74) is 4.91. The third-order valence-corrected chi connectivity index (χ3v) is 5.69. The van der Waals surface area contributed by atoms with E-state index in [0.29, 0.717) is 5.92 Å². The summed E-state index contributed by atoms with van der Waals surface area (Å²) in [5.74, 6) is 1.45. The lowest BCUT2D eigenvalue weighted by Gasteiger charge is -2.31. The van der Waals surface area contributed by atoms with E-state index in [9.17, 15) is 4.79 Å². The number of hydrogen-bond acceptors (Lipinski definition) is 5. The molecule has 2 aromatic heterocycles. The Morgan fingerprint density at radius 1 is 1.18 bits per heavy atom. The van der Waals surface area contributed by atoms with E-state index in [1.165, 1.54) is 5.56 Å². The second-order valence-electron chi connectivity index (χ2n) is 6.99. The summed E-state index contributed by atoms with van der Waals surface area (Å²) in [6, 6.07) is 10.6. The lowest BCUT2D eigenvalue weighted by molar-refractivity contribution is -0.129. The van der Waals surface area contributed by atoms with E-state index in [0.717, 1.165) is 58.6 Å². The third kappa shape index (κ3) is 3.94. The van der Waals surface area contributed by atoms with Crippen LogP contribution in [0.15, 0.2) is 42.7 Å². The minimum atomic E-state index is 0.176. The van der Waals surface area contributed by atoms with Crippen molar-refractivity contribution in [1.29, 1.82) is 0 Å². The van der Waals surface area contributed by atoms with E-state index < -0.39 is 0 Å². The number of carbonyl (C=O) groups excluding carboxylic acids is 1. The molecule has 1 fully saturated rings. The molecule has 0 unspecified atom stereocenters. The monoisotopic (exact) mass is 487 g/mol. The summed E-state index contributed by atoms with van der Waals surface area (Å²) in [6.07, 6.45) is 5.43. The number of amides is 1. The van der Waals surface area contributed by atoms with Gasteiger partial charge in [-0.2, -0.15) is 0 Å². The van der Waals surface area contributed by atoms with Crippen LogP contribution in [-0.2, 0) is 4.79 Å². The SMILES string of the molecule is CC(=O)N1CCC(c2ccc(-c3cc4nccnc4c(NCI)n3)cc2)CC1. The summed E-state index contributed by atoms with van der Waals surface area (Å²) in [4.78, 5) is 27.1. The van der Waals surface area contributed by atoms with Gasteiger partial charge in [0.25, 0.3) is 0 Å². The average molecular weight is 487 g/mol. The highest BCUT2D eigenvalue weighted by Crippen LogP contribution is 2.31. The van der Waals surface area contributed by atoms with Crippen molar-refractivity contribution in [3.8, 4) is 11.3 Å². The van der Waals surface area contributed by atoms with Crippen molar-refractivity contribution in [1.82, 2.24) is 19.9 Å². The molecule has 0 spiro atoms. The van der Waals surface area contributed by atoms with Gasteiger partial charge in [0.05, 0.1) is 15.8 Å². The normalized spacial score (nSPS) is 15.0. The van der Waals surface area contributed by atoms with Crippen molar-refractivity contribution in [2.45, 2.75) is 25.7 Å². The summed E-state index contributed by atoms with van der Waals surface area (Å²) in [6.45, 7) is 3.34. The smallest absolute Gasteiger partial charge is 0.219 e. The maximum atomic E-state index is 11.5. The molecule has 1 aromatic carbocycles. The van der Waals surface area contributed by atoms with Gasteiger partial charge in [0.1, 0.15) is 5.52 Å². The zero-order chi connectivity index (χ0) is 19.5. The molecule has 4 rings (SSSR count). The zero-order valence-electron chi connectivity index (χ0n) is 15.7. The summed E-state index contributed by atoms with van der Waals surface area (Å²) in [5, 5.41) is 3.28. The summed E-state index contributed by atoms with van der Waals surface area (Å²) in [7, 11) is 0. The van der Waals surface area contributed by atoms with Gasteiger partial charge in [-0.15, -0.1) is 0 Å². The van der Waals surface area contributed by atoms with E-state index in [4.69, 9.17) is 4.98 Å². The average Bonchev–Trinajstić information content (AvgIpc) is 2.74. The van der Waals surface area contributed by atoms with Crippen LogP contribution in [0.25, 0.3) is 22.3 Å². The molecule has 7 heteroatoms. The fourth-order valence-electron chi connectivity index (χ4n) is 3.76. The number of anilines is 1. The van der Waals surface area contributed by atoms with Gasteiger partial charge in [0.15, 0.2) is 5.82 Å². The van der Waals surface area contributed by atoms with Crippen LogP contribution in [0.2, 0.25) is 0 Å². The highest BCUT2D eigenvalue weighted by atomic mass is 127. The molecule has 1 aliphatic heterocycles. The highest BCUT2D eigenvalue weighted by molar-refractivity contribution is 14.1. The first-order valence-electron chi connectivity index (χ1n) is 9.43. The Kier molecular flexibility index (Phi) is 5.70. The number of aromatic nitrogens is 3. The predicted octanol–water partition coefficient (Wildman–Crippen LogP) is 4.22.